The van der Waals surface area contributed by atoms with E-state index >= 15 is 0 Å². The van der Waals surface area contributed by atoms with Crippen molar-refractivity contribution in [2.45, 2.75) is 18.5 Å². The second kappa shape index (κ2) is 4.71. The van der Waals surface area contributed by atoms with E-state index in [0.717, 1.165) is 5.56 Å². The van der Waals surface area contributed by atoms with Crippen molar-refractivity contribution >= 4 is 29.7 Å². The number of hydrogen-bond acceptors (Lipinski definition) is 4. The molecule has 2 atom stereocenters. The number of hydrogen-bond donors (Lipinski definition) is 2. The Bertz CT molecular complexity index is 558. The summed E-state index contributed by atoms with van der Waals surface area (Å²) in [4.78, 5) is 24.4. The average molecular weight is 275 g/mol. The van der Waals surface area contributed by atoms with Crippen molar-refractivity contribution in [3.63, 3.8) is 0 Å². The van der Waals surface area contributed by atoms with Crippen molar-refractivity contribution in [1.29, 1.82) is 0 Å². The third kappa shape index (κ3) is 2.24. The molecule has 0 saturated carbocycles. The SMILES string of the molecule is CC1NN2C(=O)/C(=C/c3ccccc3)SC2NC1=O. The van der Waals surface area contributed by atoms with Gasteiger partial charge in [0.25, 0.3) is 5.91 Å². The van der Waals surface area contributed by atoms with Crippen molar-refractivity contribution in [2.24, 2.45) is 0 Å². The fourth-order valence-corrected chi connectivity index (χ4v) is 3.06. The van der Waals surface area contributed by atoms with Gasteiger partial charge in [0.05, 0.1) is 4.91 Å². The first kappa shape index (κ1) is 12.3. The first-order chi connectivity index (χ1) is 9.15. The number of carbonyl (C=O) groups excluding carboxylic acids is 2. The molecule has 5 nitrogen and oxygen atoms in total. The number of nitrogens with one attached hydrogen (secondary N) is 2. The van der Waals surface area contributed by atoms with E-state index in [-0.39, 0.29) is 17.3 Å². The van der Waals surface area contributed by atoms with E-state index in [0.29, 0.717) is 4.91 Å². The molecule has 2 saturated heterocycles. The van der Waals surface area contributed by atoms with Gasteiger partial charge in [-0.15, -0.1) is 0 Å². The number of fused-ring (bicyclic) bond motifs is 1. The minimum atomic E-state index is -0.392. The average Bonchev–Trinajstić information content (AvgIpc) is 2.69. The zero-order valence-electron chi connectivity index (χ0n) is 10.3. The van der Waals surface area contributed by atoms with Crippen LogP contribution in [0.1, 0.15) is 12.5 Å². The Kier molecular flexibility index (Phi) is 3.04. The largest absolute Gasteiger partial charge is 0.324 e. The summed E-state index contributed by atoms with van der Waals surface area (Å²) in [6.07, 6.45) is 1.84. The van der Waals surface area contributed by atoms with Crippen LogP contribution in [-0.2, 0) is 9.59 Å². The van der Waals surface area contributed by atoms with Crippen molar-refractivity contribution < 1.29 is 9.59 Å². The Morgan fingerprint density at radius 2 is 2.00 bits per heavy atom. The monoisotopic (exact) mass is 275 g/mol. The Morgan fingerprint density at radius 1 is 1.26 bits per heavy atom. The van der Waals surface area contributed by atoms with Crippen LogP contribution < -0.4 is 10.7 Å². The zero-order chi connectivity index (χ0) is 13.4. The number of benzene rings is 1. The van der Waals surface area contributed by atoms with Gasteiger partial charge >= 0.3 is 0 Å². The van der Waals surface area contributed by atoms with Crippen LogP contribution in [0.4, 0.5) is 0 Å². The zero-order valence-corrected chi connectivity index (χ0v) is 11.1. The number of hydrazine groups is 1. The van der Waals surface area contributed by atoms with Gasteiger partial charge in [0.15, 0.2) is 5.50 Å². The minimum absolute atomic E-state index is 0.0949. The summed E-state index contributed by atoms with van der Waals surface area (Å²) < 4.78 is 0. The molecule has 0 aliphatic carbocycles. The molecule has 0 bridgehead atoms. The van der Waals surface area contributed by atoms with Crippen LogP contribution in [0, 0.1) is 0 Å². The molecule has 2 amide bonds. The molecule has 1 aromatic carbocycles. The number of nitrogens with zero attached hydrogens (tertiary/aromatic N) is 1. The molecular formula is C13H13N3O2S. The van der Waals surface area contributed by atoms with Crippen LogP contribution in [0.3, 0.4) is 0 Å². The Hall–Kier alpha value is -1.79. The molecule has 0 aromatic heterocycles. The lowest BCUT2D eigenvalue weighted by Gasteiger charge is -2.33. The Labute approximate surface area is 115 Å². The maximum Gasteiger partial charge on any atom is 0.277 e. The highest BCUT2D eigenvalue weighted by Crippen LogP contribution is 2.34. The third-order valence-electron chi connectivity index (χ3n) is 2.99. The van der Waals surface area contributed by atoms with Gasteiger partial charge < -0.3 is 5.32 Å². The molecule has 19 heavy (non-hydrogen) atoms. The molecule has 6 heteroatoms. The van der Waals surface area contributed by atoms with Gasteiger partial charge in [-0.2, -0.15) is 0 Å². The molecule has 1 aromatic rings. The quantitative estimate of drug-likeness (QED) is 0.748. The van der Waals surface area contributed by atoms with E-state index < -0.39 is 6.04 Å². The predicted octanol–water partition coefficient (Wildman–Crippen LogP) is 0.909. The third-order valence-corrected chi connectivity index (χ3v) is 4.09. The van der Waals surface area contributed by atoms with E-state index in [9.17, 15) is 9.59 Å². The first-order valence-electron chi connectivity index (χ1n) is 5.98. The van der Waals surface area contributed by atoms with E-state index in [1.54, 1.807) is 6.92 Å². The Balaban J connectivity index is 1.85. The van der Waals surface area contributed by atoms with Crippen LogP contribution in [0.5, 0.6) is 0 Å². The summed E-state index contributed by atoms with van der Waals surface area (Å²) in [5.74, 6) is -0.201. The van der Waals surface area contributed by atoms with E-state index in [1.807, 2.05) is 36.4 Å². The number of thioether (sulfide) groups is 1. The highest BCUT2D eigenvalue weighted by atomic mass is 32.2. The summed E-state index contributed by atoms with van der Waals surface area (Å²) in [6, 6.07) is 9.26. The lowest BCUT2D eigenvalue weighted by atomic mass is 10.2. The van der Waals surface area contributed by atoms with Crippen LogP contribution >= 0.6 is 11.8 Å². The van der Waals surface area contributed by atoms with Crippen LogP contribution in [0.25, 0.3) is 6.08 Å². The summed E-state index contributed by atoms with van der Waals surface area (Å²) in [5, 5.41) is 4.28. The van der Waals surface area contributed by atoms with Crippen molar-refractivity contribution in [1.82, 2.24) is 15.8 Å². The standard InChI is InChI=1S/C13H13N3O2S/c1-8-11(17)14-13-16(15-8)12(18)10(19-13)7-9-5-3-2-4-6-9/h2-8,13,15H,1H3,(H,14,17)/b10-7-. The van der Waals surface area contributed by atoms with Gasteiger partial charge in [-0.3, -0.25) is 9.59 Å². The summed E-state index contributed by atoms with van der Waals surface area (Å²) >= 11 is 1.35. The molecular weight excluding hydrogens is 262 g/mol. The highest BCUT2D eigenvalue weighted by Gasteiger charge is 2.42. The molecule has 98 valence electrons. The molecule has 3 rings (SSSR count). The molecule has 0 radical (unpaired) electrons. The molecule has 2 fully saturated rings. The van der Waals surface area contributed by atoms with Crippen molar-refractivity contribution in [3.05, 3.63) is 40.8 Å². The molecule has 2 N–H and O–H groups in total. The van der Waals surface area contributed by atoms with Crippen molar-refractivity contribution in [2.75, 3.05) is 0 Å². The smallest absolute Gasteiger partial charge is 0.277 e. The van der Waals surface area contributed by atoms with Gasteiger partial charge in [0.2, 0.25) is 5.91 Å². The molecule has 2 aliphatic rings. The fraction of sp³-hybridized carbons (Fsp3) is 0.231. The molecule has 2 unspecified atom stereocenters. The Morgan fingerprint density at radius 3 is 2.74 bits per heavy atom. The van der Waals surface area contributed by atoms with Crippen LogP contribution in [0.15, 0.2) is 35.2 Å². The second-order valence-corrected chi connectivity index (χ2v) is 5.55. The van der Waals surface area contributed by atoms with Gasteiger partial charge in [0, 0.05) is 0 Å². The molecule has 2 heterocycles. The number of carbonyl (C=O) groups is 2. The van der Waals surface area contributed by atoms with Gasteiger partial charge in [-0.05, 0) is 18.6 Å². The maximum absolute atomic E-state index is 12.2. The number of rotatable bonds is 1. The van der Waals surface area contributed by atoms with Gasteiger partial charge in [-0.25, -0.2) is 10.4 Å². The lowest BCUT2D eigenvalue weighted by molar-refractivity contribution is -0.139. The minimum Gasteiger partial charge on any atom is -0.324 e. The lowest BCUT2D eigenvalue weighted by Crippen LogP contribution is -2.64. The normalized spacial score (nSPS) is 28.5. The summed E-state index contributed by atoms with van der Waals surface area (Å²) in [6.45, 7) is 1.72. The predicted molar refractivity (Wildman–Crippen MR) is 73.4 cm³/mol. The molecule has 2 aliphatic heterocycles. The van der Waals surface area contributed by atoms with E-state index in [4.69, 9.17) is 0 Å². The fourth-order valence-electron chi connectivity index (χ4n) is 1.98. The summed E-state index contributed by atoms with van der Waals surface area (Å²) in [7, 11) is 0. The second-order valence-electron chi connectivity index (χ2n) is 4.42. The number of amides is 2. The first-order valence-corrected chi connectivity index (χ1v) is 6.86. The van der Waals surface area contributed by atoms with Crippen LogP contribution in [-0.4, -0.2) is 28.4 Å². The maximum atomic E-state index is 12.2. The van der Waals surface area contributed by atoms with Gasteiger partial charge in [0.1, 0.15) is 6.04 Å². The molecule has 0 spiro atoms. The van der Waals surface area contributed by atoms with Gasteiger partial charge in [-0.1, -0.05) is 42.1 Å². The summed E-state index contributed by atoms with van der Waals surface area (Å²) in [5.41, 5.74) is 3.52. The van der Waals surface area contributed by atoms with E-state index in [1.165, 1.54) is 16.8 Å². The van der Waals surface area contributed by atoms with Crippen LogP contribution in [0.2, 0.25) is 0 Å². The van der Waals surface area contributed by atoms with E-state index in [2.05, 4.69) is 10.7 Å². The topological polar surface area (TPSA) is 61.4 Å². The van der Waals surface area contributed by atoms with Crippen molar-refractivity contribution in [3.8, 4) is 0 Å². The highest BCUT2D eigenvalue weighted by molar-refractivity contribution is 8.05.